The number of nitrogens with zero attached hydrogens (tertiary/aromatic N) is 1. The average Bonchev–Trinajstić information content (AvgIpc) is 2.76. The first-order chi connectivity index (χ1) is 16.1. The summed E-state index contributed by atoms with van der Waals surface area (Å²) >= 11 is 6.32. The zero-order valence-electron chi connectivity index (χ0n) is 20.4. The molecule has 1 saturated heterocycles. The number of halogens is 1. The van der Waals surface area contributed by atoms with Crippen molar-refractivity contribution in [3.63, 3.8) is 0 Å². The van der Waals surface area contributed by atoms with E-state index in [0.717, 1.165) is 47.9 Å². The highest BCUT2D eigenvalue weighted by Crippen LogP contribution is 2.34. The molecule has 6 nitrogen and oxygen atoms in total. The summed E-state index contributed by atoms with van der Waals surface area (Å²) in [4.78, 5) is 26.7. The van der Waals surface area contributed by atoms with Gasteiger partial charge in [-0.15, -0.1) is 0 Å². The first-order valence-electron chi connectivity index (χ1n) is 12.1. The van der Waals surface area contributed by atoms with Crippen LogP contribution in [0, 0.1) is 0 Å². The molecule has 34 heavy (non-hydrogen) atoms. The maximum atomic E-state index is 13.4. The summed E-state index contributed by atoms with van der Waals surface area (Å²) in [6.45, 7) is 8.54. The van der Waals surface area contributed by atoms with Gasteiger partial charge in [-0.25, -0.2) is 4.79 Å². The van der Waals surface area contributed by atoms with Crippen LogP contribution in [-0.4, -0.2) is 35.0 Å². The van der Waals surface area contributed by atoms with Crippen molar-refractivity contribution in [3.05, 3.63) is 57.0 Å². The second-order valence-corrected chi connectivity index (χ2v) is 10.8. The van der Waals surface area contributed by atoms with E-state index in [4.69, 9.17) is 25.8 Å². The highest BCUT2D eigenvalue weighted by molar-refractivity contribution is 6.30. The fraction of sp³-hybridized carbons (Fsp3) is 0.556. The largest absolute Gasteiger partial charge is 0.458 e. The number of pyridine rings is 1. The van der Waals surface area contributed by atoms with Crippen LogP contribution >= 0.6 is 11.6 Å². The maximum Gasteiger partial charge on any atom is 0.329 e. The molecule has 0 saturated carbocycles. The number of hydrogen-bond acceptors (Lipinski definition) is 5. The molecular formula is C27H34ClNO5. The smallest absolute Gasteiger partial charge is 0.329 e. The van der Waals surface area contributed by atoms with Crippen molar-refractivity contribution in [2.24, 2.45) is 0 Å². The van der Waals surface area contributed by atoms with Gasteiger partial charge >= 0.3 is 5.97 Å². The second kappa shape index (κ2) is 10.2. The summed E-state index contributed by atoms with van der Waals surface area (Å²) in [7, 11) is 0. The lowest BCUT2D eigenvalue weighted by Crippen LogP contribution is -2.38. The zero-order valence-corrected chi connectivity index (χ0v) is 21.2. The van der Waals surface area contributed by atoms with Gasteiger partial charge < -0.3 is 18.8 Å². The zero-order chi connectivity index (χ0) is 24.5. The lowest BCUT2D eigenvalue weighted by molar-refractivity contribution is -0.160. The van der Waals surface area contributed by atoms with Crippen molar-refractivity contribution in [2.75, 3.05) is 6.61 Å². The van der Waals surface area contributed by atoms with Crippen LogP contribution < -0.4 is 5.56 Å². The summed E-state index contributed by atoms with van der Waals surface area (Å²) in [5.41, 5.74) is 2.73. The first kappa shape index (κ1) is 25.0. The van der Waals surface area contributed by atoms with E-state index in [-0.39, 0.29) is 17.8 Å². The van der Waals surface area contributed by atoms with Gasteiger partial charge in [0, 0.05) is 35.9 Å². The molecule has 4 rings (SSSR count). The van der Waals surface area contributed by atoms with Gasteiger partial charge in [0.1, 0.15) is 11.6 Å². The van der Waals surface area contributed by atoms with Crippen molar-refractivity contribution in [2.45, 2.75) is 90.3 Å². The summed E-state index contributed by atoms with van der Waals surface area (Å²) in [6.07, 6.45) is 5.74. The Morgan fingerprint density at radius 3 is 2.65 bits per heavy atom. The number of esters is 1. The molecule has 3 atom stereocenters. The fourth-order valence-electron chi connectivity index (χ4n) is 4.71. The fourth-order valence-corrected chi connectivity index (χ4v) is 4.89. The van der Waals surface area contributed by atoms with Crippen molar-refractivity contribution in [3.8, 4) is 11.1 Å². The SMILES string of the molecule is CC1Cc2ccc(Cl)cc2-c2cc(=O)n(C(C[C@@H]3CCCCO3)C(=O)OC(C)(C)C)cc2CO1. The third-order valence-electron chi connectivity index (χ3n) is 6.33. The number of carbonyl (C=O) groups excluding carboxylic acids is 1. The number of fused-ring (bicyclic) bond motifs is 3. The standard InChI is InChI=1S/C27H34ClNO5/c1-17-11-18-8-9-20(28)12-22(18)23-14-25(30)29(15-19(23)16-33-17)24(26(31)34-27(2,3)4)13-21-7-5-6-10-32-21/h8-9,12,14-15,17,21,24H,5-7,10-11,13,16H2,1-4H3/t17?,21-,24?/m0/s1. The molecule has 0 bridgehead atoms. The van der Waals surface area contributed by atoms with Crippen LogP contribution in [0.1, 0.15) is 70.5 Å². The van der Waals surface area contributed by atoms with Gasteiger partial charge in [0.15, 0.2) is 0 Å². The van der Waals surface area contributed by atoms with E-state index < -0.39 is 17.6 Å². The first-order valence-corrected chi connectivity index (χ1v) is 12.5. The number of ether oxygens (including phenoxy) is 3. The molecule has 184 valence electrons. The molecule has 0 N–H and O–H groups in total. The van der Waals surface area contributed by atoms with Crippen molar-refractivity contribution in [1.29, 1.82) is 0 Å². The molecule has 2 aliphatic heterocycles. The predicted molar refractivity (Wildman–Crippen MR) is 132 cm³/mol. The monoisotopic (exact) mass is 487 g/mol. The highest BCUT2D eigenvalue weighted by atomic mass is 35.5. The van der Waals surface area contributed by atoms with E-state index in [1.165, 1.54) is 4.57 Å². The van der Waals surface area contributed by atoms with E-state index in [2.05, 4.69) is 0 Å². The van der Waals surface area contributed by atoms with Crippen molar-refractivity contribution >= 4 is 17.6 Å². The molecule has 2 unspecified atom stereocenters. The minimum Gasteiger partial charge on any atom is -0.458 e. The predicted octanol–water partition coefficient (Wildman–Crippen LogP) is 5.47. The van der Waals surface area contributed by atoms with Crippen LogP contribution in [-0.2, 0) is 32.0 Å². The van der Waals surface area contributed by atoms with E-state index in [0.29, 0.717) is 24.7 Å². The van der Waals surface area contributed by atoms with Crippen LogP contribution in [0.3, 0.4) is 0 Å². The Kier molecular flexibility index (Phi) is 7.51. The van der Waals surface area contributed by atoms with Crippen LogP contribution in [0.5, 0.6) is 0 Å². The Hall–Kier alpha value is -2.15. The third-order valence-corrected chi connectivity index (χ3v) is 6.57. The van der Waals surface area contributed by atoms with Gasteiger partial charge in [0.2, 0.25) is 0 Å². The van der Waals surface area contributed by atoms with E-state index in [1.807, 2.05) is 45.9 Å². The molecule has 2 aromatic rings. The minimum absolute atomic E-state index is 0.00532. The lowest BCUT2D eigenvalue weighted by atomic mass is 9.92. The van der Waals surface area contributed by atoms with Crippen LogP contribution in [0.2, 0.25) is 5.02 Å². The molecular weight excluding hydrogens is 454 g/mol. The van der Waals surface area contributed by atoms with Gasteiger partial charge in [-0.2, -0.15) is 0 Å². The molecule has 2 aliphatic rings. The van der Waals surface area contributed by atoms with E-state index in [9.17, 15) is 9.59 Å². The van der Waals surface area contributed by atoms with Crippen LogP contribution in [0.25, 0.3) is 11.1 Å². The number of benzene rings is 1. The number of hydrogen-bond donors (Lipinski definition) is 0. The molecule has 1 aromatic heterocycles. The summed E-state index contributed by atoms with van der Waals surface area (Å²) in [5, 5.41) is 0.615. The van der Waals surface area contributed by atoms with Crippen molar-refractivity contribution < 1.29 is 19.0 Å². The van der Waals surface area contributed by atoms with Crippen molar-refractivity contribution in [1.82, 2.24) is 4.57 Å². The molecule has 0 amide bonds. The molecule has 7 heteroatoms. The number of carbonyl (C=O) groups is 1. The number of rotatable bonds is 4. The Labute approximate surface area is 206 Å². The van der Waals surface area contributed by atoms with Gasteiger partial charge in [0.25, 0.3) is 5.56 Å². The average molecular weight is 488 g/mol. The van der Waals surface area contributed by atoms with E-state index >= 15 is 0 Å². The van der Waals surface area contributed by atoms with Gasteiger partial charge in [-0.3, -0.25) is 4.79 Å². The van der Waals surface area contributed by atoms with Gasteiger partial charge in [0.05, 0.1) is 18.8 Å². The summed E-state index contributed by atoms with van der Waals surface area (Å²) in [6, 6.07) is 6.57. The van der Waals surface area contributed by atoms with Crippen LogP contribution in [0.4, 0.5) is 0 Å². The van der Waals surface area contributed by atoms with E-state index in [1.54, 1.807) is 12.3 Å². The van der Waals surface area contributed by atoms with Gasteiger partial charge in [-0.05, 0) is 82.2 Å². The normalized spacial score (nSPS) is 21.6. The van der Waals surface area contributed by atoms with Gasteiger partial charge in [-0.1, -0.05) is 17.7 Å². The number of aromatic nitrogens is 1. The highest BCUT2D eigenvalue weighted by Gasteiger charge is 2.32. The summed E-state index contributed by atoms with van der Waals surface area (Å²) in [5.74, 6) is -0.424. The Balaban J connectivity index is 1.78. The second-order valence-electron chi connectivity index (χ2n) is 10.4. The minimum atomic E-state index is -0.776. The maximum absolute atomic E-state index is 13.4. The topological polar surface area (TPSA) is 66.8 Å². The summed E-state index contributed by atoms with van der Waals surface area (Å²) < 4.78 is 19.2. The molecule has 0 aliphatic carbocycles. The Bertz CT molecular complexity index is 1100. The molecule has 1 aromatic carbocycles. The molecule has 0 spiro atoms. The van der Waals surface area contributed by atoms with Crippen LogP contribution in [0.15, 0.2) is 35.3 Å². The third kappa shape index (κ3) is 5.91. The molecule has 0 radical (unpaired) electrons. The lowest BCUT2D eigenvalue weighted by Gasteiger charge is -2.30. The Morgan fingerprint density at radius 2 is 1.94 bits per heavy atom. The quantitative estimate of drug-likeness (QED) is 0.535. The Morgan fingerprint density at radius 1 is 1.18 bits per heavy atom. The molecule has 3 heterocycles. The molecule has 1 fully saturated rings.